The number of methoxy groups -OCH3 is 1. The Morgan fingerprint density at radius 2 is 2.27 bits per heavy atom. The van der Waals surface area contributed by atoms with Crippen LogP contribution in [0, 0.1) is 5.92 Å². The molecule has 1 atom stereocenters. The smallest absolute Gasteiger partial charge is 0.229 e. The van der Waals surface area contributed by atoms with Gasteiger partial charge in [0.1, 0.15) is 22.7 Å². The Kier molecular flexibility index (Phi) is 6.54. The summed E-state index contributed by atoms with van der Waals surface area (Å²) < 4.78 is 11.4. The van der Waals surface area contributed by atoms with Crippen molar-refractivity contribution in [3.63, 3.8) is 0 Å². The van der Waals surface area contributed by atoms with Crippen molar-refractivity contribution >= 4 is 35.5 Å². The van der Waals surface area contributed by atoms with Crippen LogP contribution >= 0.6 is 11.6 Å². The van der Waals surface area contributed by atoms with Crippen molar-refractivity contribution in [2.45, 2.75) is 25.4 Å². The van der Waals surface area contributed by atoms with Gasteiger partial charge in [0.15, 0.2) is 0 Å². The molecule has 1 amide bonds. The molecule has 0 radical (unpaired) electrons. The van der Waals surface area contributed by atoms with Crippen molar-refractivity contribution in [1.29, 1.82) is 0 Å². The Bertz CT molecular complexity index is 893. The van der Waals surface area contributed by atoms with E-state index in [1.807, 2.05) is 18.2 Å². The number of amides is 1. The van der Waals surface area contributed by atoms with Crippen molar-refractivity contribution in [2.24, 2.45) is 5.92 Å². The number of hydrogen-bond donors (Lipinski definition) is 2. The number of aromatic nitrogens is 2. The maximum atomic E-state index is 11.1. The number of halogens is 1. The molecular formula is C21H26ClN5O3. The highest BCUT2D eigenvalue weighted by Crippen LogP contribution is 2.34. The first-order chi connectivity index (χ1) is 14.7. The highest BCUT2D eigenvalue weighted by atomic mass is 35.5. The Labute approximate surface area is 180 Å². The van der Waals surface area contributed by atoms with Gasteiger partial charge in [-0.25, -0.2) is 4.98 Å². The molecule has 1 aromatic heterocycles. The summed E-state index contributed by atoms with van der Waals surface area (Å²) in [7, 11) is 1.61. The number of carbonyl (C=O) groups is 1. The standard InChI is InChI=1S/C21H26ClN5O3/c1-29-18-10-15(19-12-27(13-28)8-9-30-19)4-5-17(18)25-21-24-11-16(22)20(26-21)23-7-6-14-2-3-14/h4-5,10-11,13-14,19H,2-3,6-9,12H2,1H3,(H2,23,24,25,26). The Morgan fingerprint density at radius 3 is 3.03 bits per heavy atom. The summed E-state index contributed by atoms with van der Waals surface area (Å²) in [5.74, 6) is 2.53. The van der Waals surface area contributed by atoms with E-state index in [2.05, 4.69) is 20.6 Å². The van der Waals surface area contributed by atoms with Crippen LogP contribution in [0.15, 0.2) is 24.4 Å². The minimum absolute atomic E-state index is 0.180. The number of benzene rings is 1. The normalized spacial score (nSPS) is 18.7. The van der Waals surface area contributed by atoms with E-state index in [9.17, 15) is 4.79 Å². The molecule has 30 heavy (non-hydrogen) atoms. The number of hydrogen-bond acceptors (Lipinski definition) is 7. The van der Waals surface area contributed by atoms with Gasteiger partial charge in [-0.15, -0.1) is 0 Å². The van der Waals surface area contributed by atoms with E-state index in [4.69, 9.17) is 21.1 Å². The van der Waals surface area contributed by atoms with Crippen LogP contribution in [0.1, 0.15) is 30.9 Å². The van der Waals surface area contributed by atoms with Crippen LogP contribution in [0.4, 0.5) is 17.5 Å². The molecular weight excluding hydrogens is 406 g/mol. The summed E-state index contributed by atoms with van der Waals surface area (Å²) in [4.78, 5) is 21.6. The van der Waals surface area contributed by atoms with E-state index >= 15 is 0 Å². The molecule has 2 aliphatic rings. The van der Waals surface area contributed by atoms with Crippen molar-refractivity contribution in [1.82, 2.24) is 14.9 Å². The second-order valence-electron chi connectivity index (χ2n) is 7.59. The Hall–Kier alpha value is -2.58. The molecule has 9 heteroatoms. The fourth-order valence-corrected chi connectivity index (χ4v) is 3.61. The molecule has 2 N–H and O–H groups in total. The lowest BCUT2D eigenvalue weighted by Crippen LogP contribution is -2.37. The molecule has 8 nitrogen and oxygen atoms in total. The lowest BCUT2D eigenvalue weighted by Gasteiger charge is -2.30. The molecule has 1 saturated carbocycles. The van der Waals surface area contributed by atoms with Crippen LogP contribution in [0.5, 0.6) is 5.75 Å². The number of morpholine rings is 1. The number of nitrogens with one attached hydrogen (secondary N) is 2. The second kappa shape index (κ2) is 9.49. The monoisotopic (exact) mass is 431 g/mol. The van der Waals surface area contributed by atoms with Crippen molar-refractivity contribution < 1.29 is 14.3 Å². The quantitative estimate of drug-likeness (QED) is 0.586. The Balaban J connectivity index is 1.46. The van der Waals surface area contributed by atoms with Crippen LogP contribution in [0.3, 0.4) is 0 Å². The van der Waals surface area contributed by atoms with Gasteiger partial charge in [0.05, 0.1) is 32.1 Å². The fraction of sp³-hybridized carbons (Fsp3) is 0.476. The fourth-order valence-electron chi connectivity index (χ4n) is 3.45. The van der Waals surface area contributed by atoms with Crippen LogP contribution in [-0.2, 0) is 9.53 Å². The van der Waals surface area contributed by atoms with E-state index in [-0.39, 0.29) is 6.10 Å². The lowest BCUT2D eigenvalue weighted by atomic mass is 10.1. The number of ether oxygens (including phenoxy) is 2. The van der Waals surface area contributed by atoms with Crippen LogP contribution < -0.4 is 15.4 Å². The average molecular weight is 432 g/mol. The first-order valence-corrected chi connectivity index (χ1v) is 10.6. The molecule has 0 spiro atoms. The zero-order valence-electron chi connectivity index (χ0n) is 16.9. The third kappa shape index (κ3) is 5.12. The minimum atomic E-state index is -0.180. The molecule has 2 heterocycles. The van der Waals surface area contributed by atoms with Gasteiger partial charge in [0.2, 0.25) is 12.4 Å². The number of carbonyl (C=O) groups excluding carboxylic acids is 1. The van der Waals surface area contributed by atoms with Crippen molar-refractivity contribution in [2.75, 3.05) is 44.0 Å². The van der Waals surface area contributed by atoms with E-state index in [1.165, 1.54) is 12.8 Å². The predicted molar refractivity (Wildman–Crippen MR) is 115 cm³/mol. The topological polar surface area (TPSA) is 88.6 Å². The number of anilines is 3. The highest BCUT2D eigenvalue weighted by molar-refractivity contribution is 6.32. The maximum Gasteiger partial charge on any atom is 0.229 e. The first-order valence-electron chi connectivity index (χ1n) is 10.2. The van der Waals surface area contributed by atoms with Gasteiger partial charge < -0.3 is 25.0 Å². The Morgan fingerprint density at radius 1 is 1.40 bits per heavy atom. The zero-order valence-corrected chi connectivity index (χ0v) is 17.7. The van der Waals surface area contributed by atoms with Crippen LogP contribution in [0.2, 0.25) is 5.02 Å². The molecule has 160 valence electrons. The van der Waals surface area contributed by atoms with Gasteiger partial charge in [-0.1, -0.05) is 30.5 Å². The van der Waals surface area contributed by atoms with Gasteiger partial charge in [0, 0.05) is 13.1 Å². The maximum absolute atomic E-state index is 11.1. The first kappa shape index (κ1) is 20.7. The van der Waals surface area contributed by atoms with Gasteiger partial charge in [-0.2, -0.15) is 4.98 Å². The predicted octanol–water partition coefficient (Wildman–Crippen LogP) is 3.62. The molecule has 4 rings (SSSR count). The zero-order chi connectivity index (χ0) is 20.9. The van der Waals surface area contributed by atoms with E-state index in [1.54, 1.807) is 18.2 Å². The minimum Gasteiger partial charge on any atom is -0.495 e. The third-order valence-corrected chi connectivity index (χ3v) is 5.65. The molecule has 1 aliphatic carbocycles. The van der Waals surface area contributed by atoms with Gasteiger partial charge >= 0.3 is 0 Å². The van der Waals surface area contributed by atoms with Gasteiger partial charge in [-0.3, -0.25) is 4.79 Å². The number of rotatable bonds is 9. The molecule has 2 fully saturated rings. The highest BCUT2D eigenvalue weighted by Gasteiger charge is 2.22. The lowest BCUT2D eigenvalue weighted by molar-refractivity contribution is -0.125. The summed E-state index contributed by atoms with van der Waals surface area (Å²) in [5.41, 5.74) is 1.68. The summed E-state index contributed by atoms with van der Waals surface area (Å²) in [6.07, 6.45) is 6.03. The second-order valence-corrected chi connectivity index (χ2v) is 8.00. The number of nitrogens with zero attached hydrogens (tertiary/aromatic N) is 3. The molecule has 2 aromatic rings. The SMILES string of the molecule is COc1cc(C2CN(C=O)CCO2)ccc1Nc1ncc(Cl)c(NCCC2CC2)n1. The van der Waals surface area contributed by atoms with E-state index in [0.29, 0.717) is 42.2 Å². The largest absolute Gasteiger partial charge is 0.495 e. The van der Waals surface area contributed by atoms with Crippen molar-refractivity contribution in [3.05, 3.63) is 35.0 Å². The van der Waals surface area contributed by atoms with E-state index < -0.39 is 0 Å². The molecule has 1 aliphatic heterocycles. The third-order valence-electron chi connectivity index (χ3n) is 5.38. The van der Waals surface area contributed by atoms with Gasteiger partial charge in [-0.05, 0) is 30.0 Å². The summed E-state index contributed by atoms with van der Waals surface area (Å²) in [6.45, 7) is 2.50. The molecule has 0 bridgehead atoms. The van der Waals surface area contributed by atoms with Crippen molar-refractivity contribution in [3.8, 4) is 5.75 Å². The molecule has 1 aromatic carbocycles. The molecule has 1 saturated heterocycles. The average Bonchev–Trinajstić information content (AvgIpc) is 3.60. The van der Waals surface area contributed by atoms with Gasteiger partial charge in [0.25, 0.3) is 0 Å². The van der Waals surface area contributed by atoms with Crippen LogP contribution in [-0.4, -0.2) is 54.6 Å². The van der Waals surface area contributed by atoms with E-state index in [0.717, 1.165) is 36.5 Å². The van der Waals surface area contributed by atoms with Crippen LogP contribution in [0.25, 0.3) is 0 Å². The molecule has 1 unspecified atom stereocenters. The summed E-state index contributed by atoms with van der Waals surface area (Å²) in [6, 6.07) is 5.76. The summed E-state index contributed by atoms with van der Waals surface area (Å²) >= 11 is 6.24. The summed E-state index contributed by atoms with van der Waals surface area (Å²) in [5, 5.41) is 6.99.